The van der Waals surface area contributed by atoms with Crippen LogP contribution in [0.1, 0.15) is 36.7 Å². The van der Waals surface area contributed by atoms with Crippen LogP contribution in [0, 0.1) is 5.82 Å². The van der Waals surface area contributed by atoms with Gasteiger partial charge in [0.05, 0.1) is 15.5 Å². The standard InChI is InChI=1S/C22H26ClFN2O5S/c1-4-25(14-16-8-7-9-17(24)12-16)21(27)15-31-22(28)19-13-18(10-11-20(19)23)32(29,30)26(5-2)6-3/h7-13H,4-6,14-15H2,1-3H3. The Bertz CT molecular complexity index is 1070. The fourth-order valence-corrected chi connectivity index (χ4v) is 4.74. The molecule has 0 fully saturated rings. The van der Waals surface area contributed by atoms with Crippen LogP contribution in [-0.2, 0) is 26.1 Å². The van der Waals surface area contributed by atoms with Crippen molar-refractivity contribution in [2.45, 2.75) is 32.2 Å². The zero-order valence-corrected chi connectivity index (χ0v) is 19.7. The minimum atomic E-state index is -3.80. The maximum atomic E-state index is 13.4. The first-order valence-corrected chi connectivity index (χ1v) is 11.9. The van der Waals surface area contributed by atoms with Gasteiger partial charge in [0.15, 0.2) is 6.61 Å². The van der Waals surface area contributed by atoms with Gasteiger partial charge in [-0.25, -0.2) is 17.6 Å². The monoisotopic (exact) mass is 484 g/mol. The number of carbonyl (C=O) groups excluding carboxylic acids is 2. The van der Waals surface area contributed by atoms with E-state index >= 15 is 0 Å². The Hall–Kier alpha value is -2.49. The van der Waals surface area contributed by atoms with E-state index in [1.807, 2.05) is 0 Å². The highest BCUT2D eigenvalue weighted by Crippen LogP contribution is 2.24. The first-order chi connectivity index (χ1) is 15.1. The van der Waals surface area contributed by atoms with Crippen LogP contribution in [0.2, 0.25) is 5.02 Å². The molecule has 10 heteroatoms. The molecule has 0 radical (unpaired) electrons. The van der Waals surface area contributed by atoms with Crippen LogP contribution in [0.5, 0.6) is 0 Å². The van der Waals surface area contributed by atoms with Crippen LogP contribution in [0.4, 0.5) is 4.39 Å². The van der Waals surface area contributed by atoms with Gasteiger partial charge in [-0.15, -0.1) is 0 Å². The maximum absolute atomic E-state index is 13.4. The van der Waals surface area contributed by atoms with E-state index in [0.717, 1.165) is 6.07 Å². The molecular weight excluding hydrogens is 459 g/mol. The van der Waals surface area contributed by atoms with Crippen LogP contribution < -0.4 is 0 Å². The maximum Gasteiger partial charge on any atom is 0.340 e. The summed E-state index contributed by atoms with van der Waals surface area (Å²) in [5, 5.41) is 0.00746. The van der Waals surface area contributed by atoms with E-state index in [1.54, 1.807) is 32.9 Å². The van der Waals surface area contributed by atoms with Gasteiger partial charge >= 0.3 is 5.97 Å². The van der Waals surface area contributed by atoms with Crippen molar-refractivity contribution in [2.24, 2.45) is 0 Å². The van der Waals surface area contributed by atoms with Gasteiger partial charge in [-0.05, 0) is 42.8 Å². The number of rotatable bonds is 10. The van der Waals surface area contributed by atoms with Crippen molar-refractivity contribution >= 4 is 33.5 Å². The van der Waals surface area contributed by atoms with E-state index in [4.69, 9.17) is 16.3 Å². The van der Waals surface area contributed by atoms with Crippen molar-refractivity contribution in [3.8, 4) is 0 Å². The first-order valence-electron chi connectivity index (χ1n) is 10.1. The average Bonchev–Trinajstić information content (AvgIpc) is 2.76. The normalized spacial score (nSPS) is 11.4. The topological polar surface area (TPSA) is 84.0 Å². The molecule has 2 rings (SSSR count). The minimum Gasteiger partial charge on any atom is -0.452 e. The minimum absolute atomic E-state index is 0.00746. The highest BCUT2D eigenvalue weighted by atomic mass is 35.5. The molecule has 0 bridgehead atoms. The molecule has 2 aromatic carbocycles. The molecule has 0 saturated carbocycles. The van der Waals surface area contributed by atoms with Crippen molar-refractivity contribution in [2.75, 3.05) is 26.2 Å². The van der Waals surface area contributed by atoms with E-state index in [2.05, 4.69) is 0 Å². The lowest BCUT2D eigenvalue weighted by molar-refractivity contribution is -0.134. The van der Waals surface area contributed by atoms with E-state index in [9.17, 15) is 22.4 Å². The zero-order chi connectivity index (χ0) is 23.9. The molecule has 32 heavy (non-hydrogen) atoms. The van der Waals surface area contributed by atoms with E-state index in [-0.39, 0.29) is 35.1 Å². The lowest BCUT2D eigenvalue weighted by Crippen LogP contribution is -2.34. The lowest BCUT2D eigenvalue weighted by Gasteiger charge is -2.21. The van der Waals surface area contributed by atoms with Gasteiger partial charge < -0.3 is 9.64 Å². The van der Waals surface area contributed by atoms with Gasteiger partial charge in [-0.2, -0.15) is 4.31 Å². The third-order valence-electron chi connectivity index (χ3n) is 4.82. The number of sulfonamides is 1. The molecular formula is C22H26ClFN2O5S. The van der Waals surface area contributed by atoms with Crippen LogP contribution in [0.3, 0.4) is 0 Å². The zero-order valence-electron chi connectivity index (χ0n) is 18.2. The number of ether oxygens (including phenoxy) is 1. The first kappa shape index (κ1) is 25.8. The van der Waals surface area contributed by atoms with Crippen LogP contribution in [0.15, 0.2) is 47.4 Å². The summed E-state index contributed by atoms with van der Waals surface area (Å²) in [5.74, 6) is -1.80. The van der Waals surface area contributed by atoms with Gasteiger partial charge in [0.2, 0.25) is 10.0 Å². The number of halogens is 2. The van der Waals surface area contributed by atoms with Crippen LogP contribution in [0.25, 0.3) is 0 Å². The number of esters is 1. The summed E-state index contributed by atoms with van der Waals surface area (Å²) in [6.07, 6.45) is 0. The van der Waals surface area contributed by atoms with Gasteiger partial charge in [0.25, 0.3) is 5.91 Å². The molecule has 0 spiro atoms. The van der Waals surface area contributed by atoms with E-state index in [0.29, 0.717) is 12.1 Å². The fraction of sp³-hybridized carbons (Fsp3) is 0.364. The number of likely N-dealkylation sites (N-methyl/N-ethyl adjacent to an activating group) is 1. The predicted octanol–water partition coefficient (Wildman–Crippen LogP) is 3.72. The van der Waals surface area contributed by atoms with Gasteiger partial charge in [0, 0.05) is 26.2 Å². The molecule has 0 heterocycles. The summed E-state index contributed by atoms with van der Waals surface area (Å²) < 4.78 is 45.2. The van der Waals surface area contributed by atoms with E-state index < -0.39 is 34.3 Å². The number of nitrogens with zero attached hydrogens (tertiary/aromatic N) is 2. The number of carbonyl (C=O) groups is 2. The Morgan fingerprint density at radius 2 is 1.72 bits per heavy atom. The smallest absolute Gasteiger partial charge is 0.340 e. The van der Waals surface area contributed by atoms with Gasteiger partial charge in [0.1, 0.15) is 5.82 Å². The van der Waals surface area contributed by atoms with Crippen molar-refractivity contribution in [3.05, 3.63) is 64.4 Å². The second kappa shape index (κ2) is 11.4. The Kier molecular flexibility index (Phi) is 9.18. The Labute approximate surface area is 192 Å². The Morgan fingerprint density at radius 1 is 1.03 bits per heavy atom. The molecule has 0 saturated heterocycles. The summed E-state index contributed by atoms with van der Waals surface area (Å²) in [6, 6.07) is 9.63. The molecule has 0 aromatic heterocycles. The largest absolute Gasteiger partial charge is 0.452 e. The molecule has 0 N–H and O–H groups in total. The summed E-state index contributed by atoms with van der Waals surface area (Å²) >= 11 is 6.08. The predicted molar refractivity (Wildman–Crippen MR) is 119 cm³/mol. The van der Waals surface area contributed by atoms with Gasteiger partial charge in [-0.1, -0.05) is 37.6 Å². The number of hydrogen-bond donors (Lipinski definition) is 0. The summed E-state index contributed by atoms with van der Waals surface area (Å²) in [7, 11) is -3.80. The molecule has 0 unspecified atom stereocenters. The average molecular weight is 485 g/mol. The number of hydrogen-bond acceptors (Lipinski definition) is 5. The molecule has 0 aliphatic heterocycles. The summed E-state index contributed by atoms with van der Waals surface area (Å²) in [5.41, 5.74) is 0.449. The molecule has 7 nitrogen and oxygen atoms in total. The Balaban J connectivity index is 2.12. The quantitative estimate of drug-likeness (QED) is 0.480. The highest BCUT2D eigenvalue weighted by Gasteiger charge is 2.25. The molecule has 0 atom stereocenters. The highest BCUT2D eigenvalue weighted by molar-refractivity contribution is 7.89. The molecule has 0 aliphatic carbocycles. The van der Waals surface area contributed by atoms with E-state index in [1.165, 1.54) is 33.5 Å². The van der Waals surface area contributed by atoms with Crippen molar-refractivity contribution in [3.63, 3.8) is 0 Å². The Morgan fingerprint density at radius 3 is 2.31 bits per heavy atom. The second-order valence-corrected chi connectivity index (χ2v) is 9.19. The molecule has 2 aromatic rings. The third kappa shape index (κ3) is 6.27. The van der Waals surface area contributed by atoms with Crippen molar-refractivity contribution < 1.29 is 27.1 Å². The lowest BCUT2D eigenvalue weighted by atomic mass is 10.2. The fourth-order valence-electron chi connectivity index (χ4n) is 3.06. The molecule has 0 aliphatic rings. The van der Waals surface area contributed by atoms with Crippen LogP contribution in [-0.4, -0.2) is 55.7 Å². The van der Waals surface area contributed by atoms with Crippen molar-refractivity contribution in [1.29, 1.82) is 0 Å². The molecule has 174 valence electrons. The van der Waals surface area contributed by atoms with Crippen LogP contribution >= 0.6 is 11.6 Å². The summed E-state index contributed by atoms with van der Waals surface area (Å²) in [4.78, 5) is 26.3. The molecule has 1 amide bonds. The second-order valence-electron chi connectivity index (χ2n) is 6.84. The third-order valence-corrected chi connectivity index (χ3v) is 7.20. The SMILES string of the molecule is CCN(Cc1cccc(F)c1)C(=O)COC(=O)c1cc(S(=O)(=O)N(CC)CC)ccc1Cl. The number of benzene rings is 2. The van der Waals surface area contributed by atoms with Gasteiger partial charge in [-0.3, -0.25) is 4.79 Å². The summed E-state index contributed by atoms with van der Waals surface area (Å²) in [6.45, 7) is 5.63. The van der Waals surface area contributed by atoms with Crippen molar-refractivity contribution in [1.82, 2.24) is 9.21 Å². The number of amides is 1.